The van der Waals surface area contributed by atoms with Crippen molar-refractivity contribution < 1.29 is 14.3 Å². The SMILES string of the molecule is CC(=O)OCC1(CCl)COC1. The summed E-state index contributed by atoms with van der Waals surface area (Å²) < 4.78 is 9.82. The van der Waals surface area contributed by atoms with E-state index in [9.17, 15) is 4.79 Å². The number of ether oxygens (including phenoxy) is 2. The molecule has 0 aromatic rings. The van der Waals surface area contributed by atoms with Crippen molar-refractivity contribution in [2.45, 2.75) is 6.92 Å². The fourth-order valence-electron chi connectivity index (χ4n) is 0.845. The molecule has 0 saturated carbocycles. The molecule has 0 bridgehead atoms. The monoisotopic (exact) mass is 178 g/mol. The van der Waals surface area contributed by atoms with Crippen LogP contribution in [0.1, 0.15) is 6.92 Å². The van der Waals surface area contributed by atoms with Gasteiger partial charge in [0.25, 0.3) is 0 Å². The third-order valence-corrected chi connectivity index (χ3v) is 2.25. The van der Waals surface area contributed by atoms with Crippen LogP contribution in [0.15, 0.2) is 0 Å². The lowest BCUT2D eigenvalue weighted by Gasteiger charge is -2.38. The summed E-state index contributed by atoms with van der Waals surface area (Å²) in [5, 5.41) is 0. The molecule has 1 fully saturated rings. The number of alkyl halides is 1. The maximum absolute atomic E-state index is 10.4. The summed E-state index contributed by atoms with van der Waals surface area (Å²) >= 11 is 5.67. The Morgan fingerprint density at radius 2 is 2.36 bits per heavy atom. The fourth-order valence-corrected chi connectivity index (χ4v) is 1.08. The summed E-state index contributed by atoms with van der Waals surface area (Å²) in [5.41, 5.74) is -0.104. The summed E-state index contributed by atoms with van der Waals surface area (Å²) in [4.78, 5) is 10.4. The van der Waals surface area contributed by atoms with Gasteiger partial charge in [-0.1, -0.05) is 0 Å². The van der Waals surface area contributed by atoms with Gasteiger partial charge in [-0.25, -0.2) is 0 Å². The molecule has 1 aliphatic heterocycles. The standard InChI is InChI=1S/C7H11ClO3/c1-6(9)11-5-7(2-8)3-10-4-7/h2-5H2,1H3. The summed E-state index contributed by atoms with van der Waals surface area (Å²) in [5.74, 6) is 0.224. The fraction of sp³-hybridized carbons (Fsp3) is 0.857. The second-order valence-corrected chi connectivity index (χ2v) is 3.17. The normalized spacial score (nSPS) is 20.5. The van der Waals surface area contributed by atoms with Crippen molar-refractivity contribution in [2.24, 2.45) is 5.41 Å². The first-order chi connectivity index (χ1) is 5.18. The Hall–Kier alpha value is -0.280. The molecule has 0 atom stereocenters. The number of hydrogen-bond acceptors (Lipinski definition) is 3. The van der Waals surface area contributed by atoms with E-state index in [4.69, 9.17) is 21.1 Å². The minimum absolute atomic E-state index is 0.104. The molecule has 1 heterocycles. The van der Waals surface area contributed by atoms with Crippen molar-refractivity contribution in [3.05, 3.63) is 0 Å². The van der Waals surface area contributed by atoms with Crippen LogP contribution in [0.3, 0.4) is 0 Å². The molecule has 1 aliphatic rings. The first-order valence-corrected chi connectivity index (χ1v) is 3.99. The van der Waals surface area contributed by atoms with Gasteiger partial charge >= 0.3 is 5.97 Å². The number of halogens is 1. The van der Waals surface area contributed by atoms with Gasteiger partial charge in [0.1, 0.15) is 6.61 Å². The predicted octanol–water partition coefficient (Wildman–Crippen LogP) is 0.805. The van der Waals surface area contributed by atoms with E-state index >= 15 is 0 Å². The maximum Gasteiger partial charge on any atom is 0.302 e. The average Bonchev–Trinajstić information content (AvgIpc) is 1.86. The first-order valence-electron chi connectivity index (χ1n) is 3.46. The van der Waals surface area contributed by atoms with Crippen LogP contribution in [-0.4, -0.2) is 31.7 Å². The van der Waals surface area contributed by atoms with E-state index in [0.717, 1.165) is 0 Å². The molecule has 11 heavy (non-hydrogen) atoms. The Labute approximate surface area is 70.6 Å². The van der Waals surface area contributed by atoms with E-state index < -0.39 is 0 Å². The Morgan fingerprint density at radius 3 is 2.64 bits per heavy atom. The van der Waals surface area contributed by atoms with Crippen LogP contribution < -0.4 is 0 Å². The van der Waals surface area contributed by atoms with Crippen LogP contribution in [-0.2, 0) is 14.3 Å². The second-order valence-electron chi connectivity index (χ2n) is 2.91. The van der Waals surface area contributed by atoms with E-state index in [1.165, 1.54) is 6.92 Å². The van der Waals surface area contributed by atoms with Crippen molar-refractivity contribution in [3.8, 4) is 0 Å². The summed E-state index contributed by atoms with van der Waals surface area (Å²) in [6.07, 6.45) is 0. The predicted molar refractivity (Wildman–Crippen MR) is 40.6 cm³/mol. The zero-order valence-corrected chi connectivity index (χ0v) is 7.19. The van der Waals surface area contributed by atoms with Crippen LogP contribution in [0.25, 0.3) is 0 Å². The minimum Gasteiger partial charge on any atom is -0.465 e. The third-order valence-electron chi connectivity index (χ3n) is 1.68. The zero-order valence-electron chi connectivity index (χ0n) is 6.43. The van der Waals surface area contributed by atoms with Gasteiger partial charge in [0, 0.05) is 12.8 Å². The van der Waals surface area contributed by atoms with Gasteiger partial charge in [-0.3, -0.25) is 4.79 Å². The molecule has 0 aromatic heterocycles. The van der Waals surface area contributed by atoms with E-state index in [2.05, 4.69) is 0 Å². The highest BCUT2D eigenvalue weighted by Gasteiger charge is 2.39. The van der Waals surface area contributed by atoms with E-state index in [1.807, 2.05) is 0 Å². The van der Waals surface area contributed by atoms with Crippen LogP contribution in [0.2, 0.25) is 0 Å². The molecule has 0 radical (unpaired) electrons. The van der Waals surface area contributed by atoms with Gasteiger partial charge in [0.15, 0.2) is 0 Å². The first kappa shape index (κ1) is 8.81. The van der Waals surface area contributed by atoms with Crippen LogP contribution in [0.4, 0.5) is 0 Å². The molecule has 1 rings (SSSR count). The number of carbonyl (C=O) groups excluding carboxylic acids is 1. The Morgan fingerprint density at radius 1 is 1.73 bits per heavy atom. The quantitative estimate of drug-likeness (QED) is 0.474. The van der Waals surface area contributed by atoms with Gasteiger partial charge in [0.05, 0.1) is 18.6 Å². The van der Waals surface area contributed by atoms with Gasteiger partial charge < -0.3 is 9.47 Å². The second kappa shape index (κ2) is 3.41. The highest BCUT2D eigenvalue weighted by molar-refractivity contribution is 6.18. The van der Waals surface area contributed by atoms with Crippen molar-refractivity contribution in [1.82, 2.24) is 0 Å². The van der Waals surface area contributed by atoms with Crippen molar-refractivity contribution in [3.63, 3.8) is 0 Å². The summed E-state index contributed by atoms with van der Waals surface area (Å²) in [7, 11) is 0. The van der Waals surface area contributed by atoms with E-state index in [0.29, 0.717) is 25.7 Å². The lowest BCUT2D eigenvalue weighted by atomic mass is 9.90. The van der Waals surface area contributed by atoms with Crippen LogP contribution >= 0.6 is 11.6 Å². The summed E-state index contributed by atoms with van der Waals surface area (Å²) in [6.45, 7) is 2.97. The average molecular weight is 179 g/mol. The smallest absolute Gasteiger partial charge is 0.302 e. The molecule has 0 aromatic carbocycles. The molecular weight excluding hydrogens is 168 g/mol. The molecule has 64 valence electrons. The number of hydrogen-bond donors (Lipinski definition) is 0. The highest BCUT2D eigenvalue weighted by Crippen LogP contribution is 2.29. The Kier molecular flexibility index (Phi) is 2.73. The lowest BCUT2D eigenvalue weighted by molar-refractivity contribution is -0.162. The van der Waals surface area contributed by atoms with Crippen LogP contribution in [0, 0.1) is 5.41 Å². The molecule has 0 amide bonds. The topological polar surface area (TPSA) is 35.5 Å². The maximum atomic E-state index is 10.4. The van der Waals surface area contributed by atoms with Crippen molar-refractivity contribution >= 4 is 17.6 Å². The van der Waals surface area contributed by atoms with E-state index in [-0.39, 0.29) is 11.4 Å². The number of rotatable bonds is 3. The molecular formula is C7H11ClO3. The molecule has 3 nitrogen and oxygen atoms in total. The molecule has 4 heteroatoms. The van der Waals surface area contributed by atoms with Crippen LogP contribution in [0.5, 0.6) is 0 Å². The van der Waals surface area contributed by atoms with Gasteiger partial charge in [-0.2, -0.15) is 0 Å². The largest absolute Gasteiger partial charge is 0.465 e. The van der Waals surface area contributed by atoms with Gasteiger partial charge in [-0.05, 0) is 0 Å². The number of carbonyl (C=O) groups is 1. The molecule has 0 unspecified atom stereocenters. The molecule has 0 spiro atoms. The minimum atomic E-state index is -0.263. The molecule has 0 N–H and O–H groups in total. The molecule has 0 aliphatic carbocycles. The van der Waals surface area contributed by atoms with Gasteiger partial charge in [0.2, 0.25) is 0 Å². The molecule has 1 saturated heterocycles. The Bertz CT molecular complexity index is 148. The third kappa shape index (κ3) is 2.07. The van der Waals surface area contributed by atoms with Gasteiger partial charge in [-0.15, -0.1) is 11.6 Å². The Balaban J connectivity index is 2.27. The lowest BCUT2D eigenvalue weighted by Crippen LogP contribution is -2.48. The van der Waals surface area contributed by atoms with Crippen molar-refractivity contribution in [1.29, 1.82) is 0 Å². The highest BCUT2D eigenvalue weighted by atomic mass is 35.5. The zero-order chi connectivity index (χ0) is 8.32. The number of esters is 1. The van der Waals surface area contributed by atoms with Crippen molar-refractivity contribution in [2.75, 3.05) is 25.7 Å². The summed E-state index contributed by atoms with van der Waals surface area (Å²) in [6, 6.07) is 0. The van der Waals surface area contributed by atoms with E-state index in [1.54, 1.807) is 0 Å².